The van der Waals surface area contributed by atoms with E-state index in [1.165, 1.54) is 116 Å². The van der Waals surface area contributed by atoms with E-state index in [1.807, 2.05) is 0 Å². The molecule has 0 aliphatic heterocycles. The number of esters is 3. The number of hydrogen-bond donors (Lipinski definition) is 2. The molecule has 0 heterocycles. The van der Waals surface area contributed by atoms with Crippen molar-refractivity contribution in [3.8, 4) is 0 Å². The lowest BCUT2D eigenvalue weighted by atomic mass is 10.1. The van der Waals surface area contributed by atoms with Gasteiger partial charge in [-0.2, -0.15) is 0 Å². The number of ether oxygens (including phenoxy) is 3. The maximum absolute atomic E-state index is 13.0. The Labute approximate surface area is 478 Å². The maximum atomic E-state index is 13.0. The Kier molecular flexibility index (Phi) is 57.7. The molecule has 3 atom stereocenters. The first kappa shape index (κ1) is 74.9. The number of aliphatic hydroxyl groups excluding tert-OH is 1. The molecule has 0 saturated heterocycles. The van der Waals surface area contributed by atoms with Gasteiger partial charge in [0.1, 0.15) is 12.7 Å². The molecule has 0 spiro atoms. The van der Waals surface area contributed by atoms with Crippen molar-refractivity contribution < 1.29 is 52.2 Å². The van der Waals surface area contributed by atoms with Crippen molar-refractivity contribution in [2.24, 2.45) is 0 Å². The molecule has 0 aromatic carbocycles. The van der Waals surface area contributed by atoms with Gasteiger partial charge in [-0.3, -0.25) is 23.4 Å². The molecular weight excluding hydrogens is 1000 g/mol. The van der Waals surface area contributed by atoms with Crippen molar-refractivity contribution in [3.05, 3.63) is 72.9 Å². The Hall–Kier alpha value is -3.08. The summed E-state index contributed by atoms with van der Waals surface area (Å²) in [5, 5.41) is 9.84. The third kappa shape index (κ3) is 57.6. The molecule has 0 fully saturated rings. The second kappa shape index (κ2) is 60.0. The van der Waals surface area contributed by atoms with E-state index in [2.05, 4.69) is 93.7 Å². The predicted octanol–water partition coefficient (Wildman–Crippen LogP) is 19.3. The van der Waals surface area contributed by atoms with Crippen LogP contribution < -0.4 is 0 Å². The molecule has 12 heteroatoms. The minimum Gasteiger partial charge on any atom is -0.462 e. The van der Waals surface area contributed by atoms with Crippen LogP contribution in [-0.2, 0) is 42.2 Å². The van der Waals surface area contributed by atoms with Gasteiger partial charge in [-0.25, -0.2) is 4.57 Å². The number of hydrogen-bond acceptors (Lipinski definition) is 10. The van der Waals surface area contributed by atoms with Gasteiger partial charge in [-0.1, -0.05) is 235 Å². The van der Waals surface area contributed by atoms with Crippen molar-refractivity contribution in [1.82, 2.24) is 0 Å². The normalized spacial score (nSPS) is 13.8. The fourth-order valence-corrected chi connectivity index (χ4v) is 9.53. The summed E-state index contributed by atoms with van der Waals surface area (Å²) in [7, 11) is -4.76. The zero-order valence-electron chi connectivity index (χ0n) is 50.1. The number of carbonyl (C=O) groups excluding carboxylic acids is 3. The zero-order valence-corrected chi connectivity index (χ0v) is 51.0. The number of phosphoric acid groups is 1. The molecule has 0 amide bonds. The SMILES string of the molecule is CC/C=C\C/C=C\C/C=C\CCCCCCCCCC(=O)OCC(COP(=O)(O)OCC(CO)OC(=O)CCCCCCC/C=C\C/C=C\CCCCC)OC(=O)CCCCCCCCCCC/C=C\CCCCCCCC. The standard InChI is InChI=1S/C66H117O11P/c1-4-7-10-13-16-19-22-25-28-30-31-33-36-39-42-45-48-51-54-57-66(70)77-63(59-73-64(68)55-52-49-46-43-40-37-35-32-29-26-23-20-17-14-11-8-5-2)61-75-78(71,72)74-60-62(58-67)76-65(69)56-53-50-47-44-41-38-34-27-24-21-18-15-12-9-6-3/h8,11,17-18,20-21,25-29,34,62-63,67H,4-7,9-10,12-16,19,22-24,30-33,35-61H2,1-3H3,(H,71,72)/b11-8-,20-17-,21-18-,28-25-,29-26-,34-27-. The minimum atomic E-state index is -4.76. The summed E-state index contributed by atoms with van der Waals surface area (Å²) in [5.41, 5.74) is 0. The zero-order chi connectivity index (χ0) is 56.9. The predicted molar refractivity (Wildman–Crippen MR) is 325 cm³/mol. The number of rotatable bonds is 59. The summed E-state index contributed by atoms with van der Waals surface area (Å²) in [5.74, 6) is -1.48. The Morgan fingerprint density at radius 1 is 0.372 bits per heavy atom. The van der Waals surface area contributed by atoms with Crippen LogP contribution in [0.4, 0.5) is 0 Å². The molecular formula is C66H117O11P. The summed E-state index contributed by atoms with van der Waals surface area (Å²) in [4.78, 5) is 48.7. The number of unbranched alkanes of at least 4 members (excludes halogenated alkanes) is 30. The molecule has 0 aromatic heterocycles. The number of carbonyl (C=O) groups is 3. The van der Waals surface area contributed by atoms with Crippen LogP contribution in [0.5, 0.6) is 0 Å². The molecule has 11 nitrogen and oxygen atoms in total. The van der Waals surface area contributed by atoms with Crippen LogP contribution >= 0.6 is 7.82 Å². The molecule has 0 bridgehead atoms. The molecule has 0 aliphatic rings. The molecule has 2 N–H and O–H groups in total. The highest BCUT2D eigenvalue weighted by Gasteiger charge is 2.28. The van der Waals surface area contributed by atoms with E-state index in [-0.39, 0.29) is 25.9 Å². The first-order valence-electron chi connectivity index (χ1n) is 31.8. The first-order valence-corrected chi connectivity index (χ1v) is 33.3. The van der Waals surface area contributed by atoms with Crippen LogP contribution in [0.1, 0.15) is 290 Å². The molecule has 0 rings (SSSR count). The largest absolute Gasteiger partial charge is 0.472 e. The Bertz CT molecular complexity index is 1590. The second-order valence-corrected chi connectivity index (χ2v) is 22.6. The van der Waals surface area contributed by atoms with Crippen LogP contribution in [0.25, 0.3) is 0 Å². The molecule has 0 radical (unpaired) electrons. The maximum Gasteiger partial charge on any atom is 0.472 e. The van der Waals surface area contributed by atoms with Gasteiger partial charge in [0, 0.05) is 19.3 Å². The van der Waals surface area contributed by atoms with E-state index in [1.54, 1.807) is 0 Å². The smallest absolute Gasteiger partial charge is 0.462 e. The average molecular weight is 1120 g/mol. The highest BCUT2D eigenvalue weighted by Crippen LogP contribution is 2.43. The molecule has 3 unspecified atom stereocenters. The average Bonchev–Trinajstić information content (AvgIpc) is 3.43. The minimum absolute atomic E-state index is 0.160. The van der Waals surface area contributed by atoms with Gasteiger partial charge in [0.05, 0.1) is 19.8 Å². The lowest BCUT2D eigenvalue weighted by Crippen LogP contribution is -2.30. The summed E-state index contributed by atoms with van der Waals surface area (Å²) in [6.07, 6.45) is 68.5. The third-order valence-electron chi connectivity index (χ3n) is 13.6. The highest BCUT2D eigenvalue weighted by atomic mass is 31.2. The number of phosphoric ester groups is 1. The van der Waals surface area contributed by atoms with Crippen molar-refractivity contribution >= 4 is 25.7 Å². The van der Waals surface area contributed by atoms with Crippen LogP contribution in [0.2, 0.25) is 0 Å². The topological polar surface area (TPSA) is 155 Å². The van der Waals surface area contributed by atoms with Gasteiger partial charge in [-0.15, -0.1) is 0 Å². The first-order chi connectivity index (χ1) is 38.2. The molecule has 452 valence electrons. The summed E-state index contributed by atoms with van der Waals surface area (Å²) < 4.78 is 39.7. The fraction of sp³-hybridized carbons (Fsp3) is 0.773. The third-order valence-corrected chi connectivity index (χ3v) is 14.5. The van der Waals surface area contributed by atoms with E-state index in [0.29, 0.717) is 19.3 Å². The van der Waals surface area contributed by atoms with Gasteiger partial charge < -0.3 is 24.2 Å². The molecule has 0 saturated carbocycles. The van der Waals surface area contributed by atoms with E-state index in [9.17, 15) is 28.9 Å². The van der Waals surface area contributed by atoms with Crippen LogP contribution in [-0.4, -0.2) is 66.5 Å². The molecule has 0 aromatic rings. The van der Waals surface area contributed by atoms with Crippen molar-refractivity contribution in [3.63, 3.8) is 0 Å². The molecule has 0 aliphatic carbocycles. The van der Waals surface area contributed by atoms with Crippen LogP contribution in [0.3, 0.4) is 0 Å². The van der Waals surface area contributed by atoms with Crippen molar-refractivity contribution in [2.45, 2.75) is 303 Å². The van der Waals surface area contributed by atoms with E-state index < -0.39 is 57.8 Å². The lowest BCUT2D eigenvalue weighted by molar-refractivity contribution is -0.161. The summed E-state index contributed by atoms with van der Waals surface area (Å²) in [6, 6.07) is 0. The summed E-state index contributed by atoms with van der Waals surface area (Å²) >= 11 is 0. The Morgan fingerprint density at radius 2 is 0.667 bits per heavy atom. The Morgan fingerprint density at radius 3 is 1.06 bits per heavy atom. The van der Waals surface area contributed by atoms with Crippen molar-refractivity contribution in [2.75, 3.05) is 26.4 Å². The van der Waals surface area contributed by atoms with Gasteiger partial charge in [0.25, 0.3) is 0 Å². The number of aliphatic hydroxyl groups is 1. The Balaban J connectivity index is 4.72. The highest BCUT2D eigenvalue weighted by molar-refractivity contribution is 7.47. The fourth-order valence-electron chi connectivity index (χ4n) is 8.75. The van der Waals surface area contributed by atoms with E-state index in [4.69, 9.17) is 23.3 Å². The quantitative estimate of drug-likeness (QED) is 0.0197. The van der Waals surface area contributed by atoms with Gasteiger partial charge in [0.2, 0.25) is 0 Å². The van der Waals surface area contributed by atoms with Crippen LogP contribution in [0.15, 0.2) is 72.9 Å². The van der Waals surface area contributed by atoms with Gasteiger partial charge in [0.15, 0.2) is 6.10 Å². The second-order valence-electron chi connectivity index (χ2n) is 21.2. The van der Waals surface area contributed by atoms with E-state index in [0.717, 1.165) is 116 Å². The van der Waals surface area contributed by atoms with Gasteiger partial charge in [-0.05, 0) is 109 Å². The monoisotopic (exact) mass is 1120 g/mol. The van der Waals surface area contributed by atoms with Crippen molar-refractivity contribution in [1.29, 1.82) is 0 Å². The van der Waals surface area contributed by atoms with Gasteiger partial charge >= 0.3 is 25.7 Å². The summed E-state index contributed by atoms with van der Waals surface area (Å²) in [6.45, 7) is 4.51. The lowest BCUT2D eigenvalue weighted by Gasteiger charge is -2.21. The molecule has 78 heavy (non-hydrogen) atoms. The van der Waals surface area contributed by atoms with Crippen LogP contribution in [0, 0.1) is 0 Å². The van der Waals surface area contributed by atoms with E-state index >= 15 is 0 Å². The number of allylic oxidation sites excluding steroid dienone is 12.